The van der Waals surface area contributed by atoms with Gasteiger partial charge >= 0.3 is 15.5 Å². The van der Waals surface area contributed by atoms with Gasteiger partial charge in [0.15, 0.2) is 11.5 Å². The zero-order valence-electron chi connectivity index (χ0n) is 8.82. The summed E-state index contributed by atoms with van der Waals surface area (Å²) in [7, 11) is -5.33. The molecule has 0 aromatic heterocycles. The summed E-state index contributed by atoms with van der Waals surface area (Å²) in [6.07, 6.45) is 0. The maximum absolute atomic E-state index is 12.1. The highest BCUT2D eigenvalue weighted by atomic mass is 32.2. The lowest BCUT2D eigenvalue weighted by Gasteiger charge is -2.09. The number of fused-ring (bicyclic) bond motifs is 1. The number of alkyl halides is 3. The third kappa shape index (κ3) is 2.51. The maximum atomic E-state index is 12.1. The Bertz CT molecular complexity index is 555. The van der Waals surface area contributed by atoms with Crippen molar-refractivity contribution in [3.8, 4) is 11.5 Å². The summed E-state index contributed by atoms with van der Waals surface area (Å²) in [4.78, 5) is 0. The second-order valence-corrected chi connectivity index (χ2v) is 5.22. The molecule has 0 aliphatic carbocycles. The Hall–Kier alpha value is -1.48. The van der Waals surface area contributed by atoms with Crippen molar-refractivity contribution in [3.05, 3.63) is 23.8 Å². The molecule has 0 saturated carbocycles. The fourth-order valence-electron chi connectivity index (χ4n) is 1.31. The molecule has 0 bridgehead atoms. The number of ether oxygens (including phenoxy) is 2. The number of halogens is 3. The summed E-state index contributed by atoms with van der Waals surface area (Å²) in [6.45, 7) is -0.439. The molecule has 1 aliphatic heterocycles. The zero-order chi connectivity index (χ0) is 13.4. The fraction of sp³-hybridized carbons (Fsp3) is 0.333. The van der Waals surface area contributed by atoms with Gasteiger partial charge < -0.3 is 9.47 Å². The third-order valence-corrected chi connectivity index (χ3v) is 3.34. The molecule has 1 aromatic rings. The van der Waals surface area contributed by atoms with E-state index in [2.05, 4.69) is 0 Å². The monoisotopic (exact) mass is 283 g/mol. The van der Waals surface area contributed by atoms with E-state index >= 15 is 0 Å². The second kappa shape index (κ2) is 4.32. The van der Waals surface area contributed by atoms with E-state index in [1.54, 1.807) is 0 Å². The fourth-order valence-corrected chi connectivity index (χ4v) is 1.83. The summed E-state index contributed by atoms with van der Waals surface area (Å²) >= 11 is 0. The first-order chi connectivity index (χ1) is 8.29. The van der Waals surface area contributed by atoms with Crippen molar-refractivity contribution >= 4 is 10.0 Å². The van der Waals surface area contributed by atoms with Crippen LogP contribution in [0.5, 0.6) is 11.5 Å². The zero-order valence-corrected chi connectivity index (χ0v) is 9.64. The minimum Gasteiger partial charge on any atom is -0.454 e. The van der Waals surface area contributed by atoms with Crippen LogP contribution in [0.25, 0.3) is 0 Å². The van der Waals surface area contributed by atoms with Crippen LogP contribution >= 0.6 is 0 Å². The van der Waals surface area contributed by atoms with Crippen LogP contribution in [0.15, 0.2) is 18.2 Å². The van der Waals surface area contributed by atoms with Crippen molar-refractivity contribution in [1.29, 1.82) is 0 Å². The van der Waals surface area contributed by atoms with Crippen LogP contribution in [0.2, 0.25) is 0 Å². The lowest BCUT2D eigenvalue weighted by Crippen LogP contribution is -2.35. The van der Waals surface area contributed by atoms with Gasteiger partial charge in [-0.1, -0.05) is 6.07 Å². The van der Waals surface area contributed by atoms with Crippen LogP contribution < -0.4 is 14.2 Å². The van der Waals surface area contributed by atoms with Crippen LogP contribution in [-0.2, 0) is 16.6 Å². The van der Waals surface area contributed by atoms with Gasteiger partial charge in [0, 0.05) is 6.54 Å². The predicted octanol–water partition coefficient (Wildman–Crippen LogP) is 1.35. The molecule has 0 amide bonds. The van der Waals surface area contributed by atoms with Crippen molar-refractivity contribution in [2.75, 3.05) is 6.79 Å². The largest absolute Gasteiger partial charge is 0.511 e. The summed E-state index contributed by atoms with van der Waals surface area (Å²) in [5, 5.41) is 0. The van der Waals surface area contributed by atoms with E-state index in [0.717, 1.165) is 0 Å². The van der Waals surface area contributed by atoms with Crippen LogP contribution in [0.1, 0.15) is 5.56 Å². The number of hydrogen-bond donors (Lipinski definition) is 1. The van der Waals surface area contributed by atoms with Gasteiger partial charge in [0.1, 0.15) is 0 Å². The van der Waals surface area contributed by atoms with Gasteiger partial charge in [0.25, 0.3) is 0 Å². The quantitative estimate of drug-likeness (QED) is 0.909. The summed E-state index contributed by atoms with van der Waals surface area (Å²) in [5.74, 6) is 0.844. The Balaban J connectivity index is 2.08. The molecule has 5 nitrogen and oxygen atoms in total. The van der Waals surface area contributed by atoms with E-state index in [9.17, 15) is 21.6 Å². The minimum atomic E-state index is -5.33. The van der Waals surface area contributed by atoms with Gasteiger partial charge in [-0.2, -0.15) is 13.2 Å². The molecule has 18 heavy (non-hydrogen) atoms. The molecular formula is C9H8F3NO4S. The van der Waals surface area contributed by atoms with Crippen molar-refractivity contribution in [2.45, 2.75) is 12.1 Å². The first-order valence-corrected chi connectivity index (χ1v) is 6.22. The van der Waals surface area contributed by atoms with Crippen LogP contribution in [0, 0.1) is 0 Å². The van der Waals surface area contributed by atoms with E-state index in [1.807, 2.05) is 0 Å². The van der Waals surface area contributed by atoms with Crippen molar-refractivity contribution in [2.24, 2.45) is 0 Å². The summed E-state index contributed by atoms with van der Waals surface area (Å²) < 4.78 is 69.2. The highest BCUT2D eigenvalue weighted by molar-refractivity contribution is 7.90. The molecule has 1 N–H and O–H groups in total. The Labute approximate surface area is 101 Å². The standard InChI is InChI=1S/C9H8F3NO4S/c10-9(11,12)18(14,15)13-4-6-1-2-7-8(3-6)17-5-16-7/h1-3,13H,4-5H2. The highest BCUT2D eigenvalue weighted by Crippen LogP contribution is 2.32. The van der Waals surface area contributed by atoms with E-state index in [0.29, 0.717) is 17.1 Å². The second-order valence-electron chi connectivity index (χ2n) is 3.46. The molecule has 9 heteroatoms. The van der Waals surface area contributed by atoms with E-state index in [-0.39, 0.29) is 6.79 Å². The lowest BCUT2D eigenvalue weighted by atomic mass is 10.2. The molecule has 0 saturated heterocycles. The topological polar surface area (TPSA) is 64.6 Å². The molecule has 2 rings (SSSR count). The summed E-state index contributed by atoms with van der Waals surface area (Å²) in [5.41, 5.74) is -4.98. The first-order valence-electron chi connectivity index (χ1n) is 4.74. The molecule has 1 heterocycles. The van der Waals surface area contributed by atoms with E-state index in [4.69, 9.17) is 9.47 Å². The molecular weight excluding hydrogens is 275 g/mol. The first kappa shape index (κ1) is 13.0. The molecule has 0 unspecified atom stereocenters. The van der Waals surface area contributed by atoms with Gasteiger partial charge in [0.2, 0.25) is 6.79 Å². The number of hydrogen-bond acceptors (Lipinski definition) is 4. The van der Waals surface area contributed by atoms with Gasteiger partial charge in [0.05, 0.1) is 0 Å². The average molecular weight is 283 g/mol. The molecule has 0 fully saturated rings. The van der Waals surface area contributed by atoms with Gasteiger partial charge in [-0.15, -0.1) is 0 Å². The molecule has 0 atom stereocenters. The van der Waals surface area contributed by atoms with Gasteiger partial charge in [-0.3, -0.25) is 0 Å². The lowest BCUT2D eigenvalue weighted by molar-refractivity contribution is -0.0448. The minimum absolute atomic E-state index is 0.0348. The molecule has 0 radical (unpaired) electrons. The molecule has 100 valence electrons. The van der Waals surface area contributed by atoms with Crippen molar-refractivity contribution in [1.82, 2.24) is 4.72 Å². The van der Waals surface area contributed by atoms with Crippen LogP contribution in [-0.4, -0.2) is 20.7 Å². The average Bonchev–Trinajstić information content (AvgIpc) is 2.71. The number of rotatable bonds is 3. The number of benzene rings is 1. The predicted molar refractivity (Wildman–Crippen MR) is 54.4 cm³/mol. The number of nitrogens with one attached hydrogen (secondary N) is 1. The summed E-state index contributed by atoms with van der Waals surface area (Å²) in [6, 6.07) is 4.37. The van der Waals surface area contributed by atoms with Crippen molar-refractivity contribution in [3.63, 3.8) is 0 Å². The highest BCUT2D eigenvalue weighted by Gasteiger charge is 2.45. The molecule has 1 aromatic carbocycles. The number of sulfonamides is 1. The third-order valence-electron chi connectivity index (χ3n) is 2.21. The van der Waals surface area contributed by atoms with Gasteiger partial charge in [-0.05, 0) is 17.7 Å². The smallest absolute Gasteiger partial charge is 0.454 e. The Morgan fingerprint density at radius 3 is 2.56 bits per heavy atom. The normalized spacial score (nSPS) is 14.8. The molecule has 0 spiro atoms. The van der Waals surface area contributed by atoms with Crippen LogP contribution in [0.4, 0.5) is 13.2 Å². The van der Waals surface area contributed by atoms with E-state index in [1.165, 1.54) is 22.9 Å². The van der Waals surface area contributed by atoms with Gasteiger partial charge in [-0.25, -0.2) is 13.1 Å². The van der Waals surface area contributed by atoms with E-state index < -0.39 is 22.1 Å². The Morgan fingerprint density at radius 2 is 1.89 bits per heavy atom. The maximum Gasteiger partial charge on any atom is 0.511 e. The Kier molecular flexibility index (Phi) is 3.11. The van der Waals surface area contributed by atoms with Crippen molar-refractivity contribution < 1.29 is 31.1 Å². The SMILES string of the molecule is O=S(=O)(NCc1ccc2c(c1)OCO2)C(F)(F)F. The Morgan fingerprint density at radius 1 is 1.22 bits per heavy atom. The van der Waals surface area contributed by atoms with Crippen LogP contribution in [0.3, 0.4) is 0 Å². The molecule has 1 aliphatic rings.